The van der Waals surface area contributed by atoms with Crippen molar-refractivity contribution in [1.29, 1.82) is 5.26 Å². The zero-order valence-electron chi connectivity index (χ0n) is 11.2. The molecular weight excluding hydrogens is 258 g/mol. The summed E-state index contributed by atoms with van der Waals surface area (Å²) < 4.78 is 0. The molecule has 0 fully saturated rings. The monoisotopic (exact) mass is 275 g/mol. The van der Waals surface area contributed by atoms with Crippen LogP contribution in [0.4, 0.5) is 10.5 Å². The Morgan fingerprint density at radius 3 is 2.50 bits per heavy atom. The van der Waals surface area contributed by atoms with Gasteiger partial charge in [-0.2, -0.15) is 5.26 Å². The molecule has 1 atom stereocenters. The van der Waals surface area contributed by atoms with Crippen LogP contribution in [0.1, 0.15) is 31.7 Å². The number of urea groups is 1. The first-order valence-electron chi connectivity index (χ1n) is 6.37. The Hall–Kier alpha value is -2.55. The summed E-state index contributed by atoms with van der Waals surface area (Å²) >= 11 is 0. The normalized spacial score (nSPS) is 11.2. The molecule has 106 valence electrons. The van der Waals surface area contributed by atoms with Gasteiger partial charge >= 0.3 is 12.0 Å². The average Bonchev–Trinajstić information content (AvgIpc) is 2.44. The highest BCUT2D eigenvalue weighted by Crippen LogP contribution is 2.09. The van der Waals surface area contributed by atoms with Gasteiger partial charge in [0, 0.05) is 5.69 Å². The first-order valence-corrected chi connectivity index (χ1v) is 6.37. The number of carbonyl (C=O) groups excluding carboxylic acids is 1. The zero-order chi connectivity index (χ0) is 15.0. The number of aliphatic carboxylic acids is 1. The fourth-order valence-electron chi connectivity index (χ4n) is 1.62. The van der Waals surface area contributed by atoms with Crippen molar-refractivity contribution < 1.29 is 14.7 Å². The van der Waals surface area contributed by atoms with Gasteiger partial charge in [0.1, 0.15) is 6.04 Å². The highest BCUT2D eigenvalue weighted by molar-refractivity contribution is 5.92. The van der Waals surface area contributed by atoms with E-state index in [1.165, 1.54) is 0 Å². The topological polar surface area (TPSA) is 102 Å². The number of unbranched alkanes of at least 4 members (excludes halogenated alkanes) is 1. The molecule has 0 unspecified atom stereocenters. The van der Waals surface area contributed by atoms with Gasteiger partial charge in [-0.25, -0.2) is 9.59 Å². The number of carboxylic acids is 1. The van der Waals surface area contributed by atoms with Gasteiger partial charge in [-0.15, -0.1) is 0 Å². The van der Waals surface area contributed by atoms with E-state index in [9.17, 15) is 9.59 Å². The molecule has 0 aliphatic rings. The number of hydrogen-bond donors (Lipinski definition) is 3. The maximum atomic E-state index is 11.7. The number of carboxylic acid groups (broad SMARTS) is 1. The Labute approximate surface area is 117 Å². The predicted octanol–water partition coefficient (Wildman–Crippen LogP) is 2.32. The van der Waals surface area contributed by atoms with E-state index in [1.54, 1.807) is 24.3 Å². The number of benzene rings is 1. The lowest BCUT2D eigenvalue weighted by Crippen LogP contribution is -2.42. The average molecular weight is 275 g/mol. The molecule has 1 aromatic carbocycles. The van der Waals surface area contributed by atoms with Crippen molar-refractivity contribution in [3.05, 3.63) is 29.8 Å². The fraction of sp³-hybridized carbons (Fsp3) is 0.357. The molecule has 3 N–H and O–H groups in total. The van der Waals surface area contributed by atoms with Crippen LogP contribution in [-0.2, 0) is 4.79 Å². The van der Waals surface area contributed by atoms with Crippen molar-refractivity contribution in [2.45, 2.75) is 32.2 Å². The molecule has 0 saturated heterocycles. The number of nitrogens with one attached hydrogen (secondary N) is 2. The number of rotatable bonds is 6. The van der Waals surface area contributed by atoms with Crippen LogP contribution in [0, 0.1) is 11.3 Å². The molecule has 0 saturated carbocycles. The summed E-state index contributed by atoms with van der Waals surface area (Å²) in [5, 5.41) is 22.6. The Morgan fingerprint density at radius 2 is 2.00 bits per heavy atom. The second kappa shape index (κ2) is 7.79. The largest absolute Gasteiger partial charge is 0.480 e. The van der Waals surface area contributed by atoms with Crippen molar-refractivity contribution in [2.75, 3.05) is 5.32 Å². The molecule has 0 bridgehead atoms. The van der Waals surface area contributed by atoms with Crippen molar-refractivity contribution >= 4 is 17.7 Å². The summed E-state index contributed by atoms with van der Waals surface area (Å²) in [4.78, 5) is 22.7. The highest BCUT2D eigenvalue weighted by atomic mass is 16.4. The van der Waals surface area contributed by atoms with E-state index in [1.807, 2.05) is 13.0 Å². The van der Waals surface area contributed by atoms with Crippen molar-refractivity contribution in [1.82, 2.24) is 5.32 Å². The first kappa shape index (κ1) is 15.5. The molecule has 1 aromatic rings. The third kappa shape index (κ3) is 4.98. The van der Waals surface area contributed by atoms with E-state index >= 15 is 0 Å². The Morgan fingerprint density at radius 1 is 1.35 bits per heavy atom. The van der Waals surface area contributed by atoms with Crippen LogP contribution in [-0.4, -0.2) is 23.1 Å². The molecule has 0 aromatic heterocycles. The lowest BCUT2D eigenvalue weighted by Gasteiger charge is -2.14. The molecular formula is C14H17N3O3. The molecule has 6 nitrogen and oxygen atoms in total. The summed E-state index contributed by atoms with van der Waals surface area (Å²) in [5.41, 5.74) is 0.989. The lowest BCUT2D eigenvalue weighted by molar-refractivity contribution is -0.139. The number of anilines is 1. The third-order valence-electron chi connectivity index (χ3n) is 2.72. The molecule has 20 heavy (non-hydrogen) atoms. The lowest BCUT2D eigenvalue weighted by atomic mass is 10.1. The smallest absolute Gasteiger partial charge is 0.326 e. The van der Waals surface area contributed by atoms with E-state index in [0.717, 1.165) is 12.8 Å². The SMILES string of the molecule is CCCC[C@H](NC(=O)Nc1ccc(C#N)cc1)C(=O)O. The van der Waals surface area contributed by atoms with Gasteiger partial charge in [0.05, 0.1) is 11.6 Å². The van der Waals surface area contributed by atoms with Crippen LogP contribution in [0.2, 0.25) is 0 Å². The zero-order valence-corrected chi connectivity index (χ0v) is 11.2. The summed E-state index contributed by atoms with van der Waals surface area (Å²) in [6, 6.07) is 6.81. The minimum Gasteiger partial charge on any atom is -0.480 e. The van der Waals surface area contributed by atoms with Crippen molar-refractivity contribution in [3.8, 4) is 6.07 Å². The van der Waals surface area contributed by atoms with Crippen LogP contribution in [0.25, 0.3) is 0 Å². The van der Waals surface area contributed by atoms with E-state index in [-0.39, 0.29) is 0 Å². The minimum absolute atomic E-state index is 0.395. The number of nitrogens with zero attached hydrogens (tertiary/aromatic N) is 1. The van der Waals surface area contributed by atoms with Gasteiger partial charge < -0.3 is 15.7 Å². The Bertz CT molecular complexity index is 505. The van der Waals surface area contributed by atoms with E-state index in [2.05, 4.69) is 10.6 Å². The summed E-state index contributed by atoms with van der Waals surface area (Å²) in [5.74, 6) is -1.05. The molecule has 0 spiro atoms. The number of carbonyl (C=O) groups is 2. The predicted molar refractivity (Wildman–Crippen MR) is 74.3 cm³/mol. The van der Waals surface area contributed by atoms with Crippen LogP contribution in [0.3, 0.4) is 0 Å². The van der Waals surface area contributed by atoms with E-state index in [0.29, 0.717) is 17.7 Å². The maximum Gasteiger partial charge on any atom is 0.326 e. The van der Waals surface area contributed by atoms with Crippen LogP contribution in [0.15, 0.2) is 24.3 Å². The molecule has 6 heteroatoms. The fourth-order valence-corrected chi connectivity index (χ4v) is 1.62. The van der Waals surface area contributed by atoms with Gasteiger partial charge in [0.25, 0.3) is 0 Å². The number of hydrogen-bond acceptors (Lipinski definition) is 3. The second-order valence-electron chi connectivity index (χ2n) is 4.32. The molecule has 0 aliphatic heterocycles. The highest BCUT2D eigenvalue weighted by Gasteiger charge is 2.18. The molecule has 0 aliphatic carbocycles. The van der Waals surface area contributed by atoms with Gasteiger partial charge in [-0.3, -0.25) is 0 Å². The molecule has 0 heterocycles. The number of amides is 2. The Kier molecular flexibility index (Phi) is 6.04. The quantitative estimate of drug-likeness (QED) is 0.741. The standard InChI is InChI=1S/C14H17N3O3/c1-2-3-4-12(13(18)19)17-14(20)16-11-7-5-10(9-15)6-8-11/h5-8,12H,2-4H2,1H3,(H,18,19)(H2,16,17,20)/t12-/m0/s1. The van der Waals surface area contributed by atoms with Crippen LogP contribution >= 0.6 is 0 Å². The van der Waals surface area contributed by atoms with Crippen LogP contribution in [0.5, 0.6) is 0 Å². The van der Waals surface area contributed by atoms with Crippen molar-refractivity contribution in [2.24, 2.45) is 0 Å². The minimum atomic E-state index is -1.05. The van der Waals surface area contributed by atoms with Gasteiger partial charge in [-0.05, 0) is 30.7 Å². The van der Waals surface area contributed by atoms with E-state index < -0.39 is 18.0 Å². The van der Waals surface area contributed by atoms with E-state index in [4.69, 9.17) is 10.4 Å². The molecule has 1 rings (SSSR count). The first-order chi connectivity index (χ1) is 9.56. The summed E-state index contributed by atoms with van der Waals surface area (Å²) in [6.45, 7) is 1.95. The van der Waals surface area contributed by atoms with Crippen molar-refractivity contribution in [3.63, 3.8) is 0 Å². The second-order valence-corrected chi connectivity index (χ2v) is 4.32. The van der Waals surface area contributed by atoms with Gasteiger partial charge in [0.2, 0.25) is 0 Å². The van der Waals surface area contributed by atoms with Gasteiger partial charge in [0.15, 0.2) is 0 Å². The van der Waals surface area contributed by atoms with Crippen LogP contribution < -0.4 is 10.6 Å². The molecule has 0 radical (unpaired) electrons. The number of nitriles is 1. The Balaban J connectivity index is 2.56. The summed E-state index contributed by atoms with van der Waals surface area (Å²) in [6.07, 6.45) is 1.99. The third-order valence-corrected chi connectivity index (χ3v) is 2.72. The summed E-state index contributed by atoms with van der Waals surface area (Å²) in [7, 11) is 0. The maximum absolute atomic E-state index is 11.7. The van der Waals surface area contributed by atoms with Gasteiger partial charge in [-0.1, -0.05) is 19.8 Å². The molecule has 2 amide bonds.